The lowest BCUT2D eigenvalue weighted by Crippen LogP contribution is -2.50. The molecule has 3 aromatic rings. The summed E-state index contributed by atoms with van der Waals surface area (Å²) >= 11 is 0. The van der Waals surface area contributed by atoms with Gasteiger partial charge in [-0.25, -0.2) is 15.0 Å². The third-order valence-corrected chi connectivity index (χ3v) is 8.83. The Morgan fingerprint density at radius 2 is 1.97 bits per heavy atom. The number of anilines is 2. The van der Waals surface area contributed by atoms with Crippen molar-refractivity contribution in [3.63, 3.8) is 0 Å². The maximum absolute atomic E-state index is 6.51. The van der Waals surface area contributed by atoms with Crippen molar-refractivity contribution in [3.05, 3.63) is 47.7 Å². The molecule has 3 atom stereocenters. The van der Waals surface area contributed by atoms with Crippen LogP contribution in [0.2, 0.25) is 0 Å². The number of aromatic amines is 1. The van der Waals surface area contributed by atoms with Gasteiger partial charge in [-0.3, -0.25) is 10.1 Å². The zero-order chi connectivity index (χ0) is 25.1. The third kappa shape index (κ3) is 3.65. The number of H-pyrrole nitrogens is 1. The average molecular weight is 500 g/mol. The van der Waals surface area contributed by atoms with E-state index < -0.39 is 0 Å². The zero-order valence-corrected chi connectivity index (χ0v) is 21.4. The van der Waals surface area contributed by atoms with E-state index in [1.54, 1.807) is 6.20 Å². The molecule has 37 heavy (non-hydrogen) atoms. The first-order valence-electron chi connectivity index (χ1n) is 13.3. The molecular weight excluding hydrogens is 466 g/mol. The second-order valence-electron chi connectivity index (χ2n) is 11.0. The van der Waals surface area contributed by atoms with E-state index in [9.17, 15) is 0 Å². The monoisotopic (exact) mass is 499 g/mol. The Hall–Kier alpha value is -3.37. The van der Waals surface area contributed by atoms with E-state index in [2.05, 4.69) is 39.9 Å². The summed E-state index contributed by atoms with van der Waals surface area (Å²) in [7, 11) is 0. The molecular formula is C27H33N9O. The maximum Gasteiger partial charge on any atom is 0.156 e. The number of aliphatic imine (C=N–C) groups is 1. The number of pyridine rings is 1. The highest BCUT2D eigenvalue weighted by Gasteiger charge is 2.47. The minimum Gasteiger partial charge on any atom is -0.376 e. The van der Waals surface area contributed by atoms with E-state index in [1.165, 1.54) is 0 Å². The second-order valence-corrected chi connectivity index (χ2v) is 11.0. The Bertz CT molecular complexity index is 1350. The minimum absolute atomic E-state index is 0.0977. The number of nitrogens with one attached hydrogen (secondary N) is 1. The van der Waals surface area contributed by atoms with Crippen LogP contribution in [0, 0.1) is 5.41 Å². The summed E-state index contributed by atoms with van der Waals surface area (Å²) < 4.78 is 5.89. The molecule has 3 N–H and O–H groups in total. The first-order chi connectivity index (χ1) is 18.0. The lowest BCUT2D eigenvalue weighted by molar-refractivity contribution is 0.0974. The van der Waals surface area contributed by atoms with Crippen LogP contribution < -0.4 is 15.5 Å². The van der Waals surface area contributed by atoms with Crippen molar-refractivity contribution in [1.29, 1.82) is 0 Å². The molecule has 0 aliphatic carbocycles. The Balaban J connectivity index is 1.12. The van der Waals surface area contributed by atoms with Crippen molar-refractivity contribution in [2.75, 3.05) is 36.0 Å². The Labute approximate surface area is 216 Å². The quantitative estimate of drug-likeness (QED) is 0.552. The molecule has 0 radical (unpaired) electrons. The number of nitrogens with two attached hydrogens (primary N) is 1. The van der Waals surface area contributed by atoms with Gasteiger partial charge in [0.05, 0.1) is 53.9 Å². The molecule has 10 heteroatoms. The van der Waals surface area contributed by atoms with Crippen LogP contribution in [0.25, 0.3) is 11.4 Å². The molecule has 4 aliphatic heterocycles. The average Bonchev–Trinajstić information content (AvgIpc) is 3.67. The molecule has 0 amide bonds. The Kier molecular flexibility index (Phi) is 5.30. The van der Waals surface area contributed by atoms with Gasteiger partial charge in [0.15, 0.2) is 5.84 Å². The fourth-order valence-electron chi connectivity index (χ4n) is 6.37. The standard InChI is InChI=1S/C27H33N9O/c1-16-6-10-36(21-4-3-18(33-23(16)21)19-5-9-31-34-19)26-24-20(13-30-26)32-22(14-29-24)35-11-7-27(8-12-35)15-37-17(2)25(27)28/h3-5,9,14,16-17,25H,6-8,10-13,15,28H2,1-2H3,(H,31,34)/t16-,17-,25+/m0/s1. The molecule has 10 nitrogen and oxygen atoms in total. The number of piperidine rings is 1. The zero-order valence-electron chi connectivity index (χ0n) is 21.4. The molecule has 7 rings (SSSR count). The van der Waals surface area contributed by atoms with Crippen LogP contribution in [-0.4, -0.2) is 69.4 Å². The van der Waals surface area contributed by atoms with Crippen molar-refractivity contribution >= 4 is 17.3 Å². The summed E-state index contributed by atoms with van der Waals surface area (Å²) in [6.45, 7) is 8.38. The molecule has 0 bridgehead atoms. The molecule has 3 aromatic heterocycles. The Morgan fingerprint density at radius 3 is 2.73 bits per heavy atom. The smallest absolute Gasteiger partial charge is 0.156 e. The van der Waals surface area contributed by atoms with E-state index in [-0.39, 0.29) is 17.6 Å². The van der Waals surface area contributed by atoms with Crippen molar-refractivity contribution < 1.29 is 4.74 Å². The van der Waals surface area contributed by atoms with Gasteiger partial charge in [-0.2, -0.15) is 5.10 Å². The fourth-order valence-corrected chi connectivity index (χ4v) is 6.37. The molecule has 2 saturated heterocycles. The van der Waals surface area contributed by atoms with Crippen LogP contribution in [0.15, 0.2) is 35.6 Å². The van der Waals surface area contributed by atoms with Gasteiger partial charge < -0.3 is 20.3 Å². The molecule has 0 saturated carbocycles. The van der Waals surface area contributed by atoms with Gasteiger partial charge in [-0.05, 0) is 44.4 Å². The summed E-state index contributed by atoms with van der Waals surface area (Å²) in [6.07, 6.45) is 6.86. The Morgan fingerprint density at radius 1 is 1.11 bits per heavy atom. The van der Waals surface area contributed by atoms with E-state index in [0.29, 0.717) is 12.5 Å². The fraction of sp³-hybridized carbons (Fsp3) is 0.519. The highest BCUT2D eigenvalue weighted by Crippen LogP contribution is 2.42. The molecule has 7 heterocycles. The lowest BCUT2D eigenvalue weighted by Gasteiger charge is -2.41. The SMILES string of the molecule is C[C@@H]1OCC2(CCN(c3cnc4c(n3)CN=C4N3CC[C@H](C)c4nc(-c5ccn[nH]5)ccc43)CC2)[C@@H]1N. The van der Waals surface area contributed by atoms with Crippen molar-refractivity contribution in [2.45, 2.75) is 57.7 Å². The first-order valence-corrected chi connectivity index (χ1v) is 13.3. The highest BCUT2D eigenvalue weighted by molar-refractivity contribution is 6.11. The maximum atomic E-state index is 6.51. The predicted molar refractivity (Wildman–Crippen MR) is 142 cm³/mol. The van der Waals surface area contributed by atoms with Crippen LogP contribution in [0.4, 0.5) is 11.5 Å². The summed E-state index contributed by atoms with van der Waals surface area (Å²) in [6, 6.07) is 6.26. The van der Waals surface area contributed by atoms with Gasteiger partial charge >= 0.3 is 0 Å². The van der Waals surface area contributed by atoms with Gasteiger partial charge in [0.25, 0.3) is 0 Å². The molecule has 1 spiro atoms. The van der Waals surface area contributed by atoms with Crippen molar-refractivity contribution in [1.82, 2.24) is 25.1 Å². The summed E-state index contributed by atoms with van der Waals surface area (Å²) in [5, 5.41) is 7.09. The van der Waals surface area contributed by atoms with E-state index in [4.69, 9.17) is 30.4 Å². The normalized spacial score (nSPS) is 26.4. The summed E-state index contributed by atoms with van der Waals surface area (Å²) in [4.78, 5) is 24.4. The molecule has 192 valence electrons. The van der Waals surface area contributed by atoms with Gasteiger partial charge in [0.2, 0.25) is 0 Å². The number of hydrogen-bond acceptors (Lipinski definition) is 9. The highest BCUT2D eigenvalue weighted by atomic mass is 16.5. The molecule has 0 aromatic carbocycles. The van der Waals surface area contributed by atoms with Crippen LogP contribution >= 0.6 is 0 Å². The van der Waals surface area contributed by atoms with Gasteiger partial charge in [-0.15, -0.1) is 0 Å². The number of nitrogens with zero attached hydrogens (tertiary/aromatic N) is 7. The van der Waals surface area contributed by atoms with E-state index in [1.807, 2.05) is 18.3 Å². The largest absolute Gasteiger partial charge is 0.376 e. The number of aromatic nitrogens is 5. The van der Waals surface area contributed by atoms with Crippen molar-refractivity contribution in [2.24, 2.45) is 16.1 Å². The minimum atomic E-state index is 0.0977. The molecule has 2 fully saturated rings. The van der Waals surface area contributed by atoms with Crippen molar-refractivity contribution in [3.8, 4) is 11.4 Å². The van der Waals surface area contributed by atoms with Gasteiger partial charge in [-0.1, -0.05) is 6.92 Å². The predicted octanol–water partition coefficient (Wildman–Crippen LogP) is 2.87. The molecule has 0 unspecified atom stereocenters. The number of amidine groups is 1. The number of ether oxygens (including phenoxy) is 1. The van der Waals surface area contributed by atoms with Gasteiger partial charge in [0.1, 0.15) is 11.5 Å². The van der Waals surface area contributed by atoms with Gasteiger partial charge in [0, 0.05) is 43.2 Å². The summed E-state index contributed by atoms with van der Waals surface area (Å²) in [5.74, 6) is 2.20. The topological polar surface area (TPSA) is 121 Å². The number of fused-ring (bicyclic) bond motifs is 2. The lowest BCUT2D eigenvalue weighted by atomic mass is 9.73. The van der Waals surface area contributed by atoms with E-state index in [0.717, 1.165) is 91.3 Å². The van der Waals surface area contributed by atoms with Crippen LogP contribution in [0.1, 0.15) is 56.1 Å². The van der Waals surface area contributed by atoms with Crippen LogP contribution in [0.3, 0.4) is 0 Å². The van der Waals surface area contributed by atoms with Crippen LogP contribution in [-0.2, 0) is 11.3 Å². The first kappa shape index (κ1) is 22.8. The van der Waals surface area contributed by atoms with Crippen LogP contribution in [0.5, 0.6) is 0 Å². The van der Waals surface area contributed by atoms with E-state index >= 15 is 0 Å². The molecule has 4 aliphatic rings. The third-order valence-electron chi connectivity index (χ3n) is 8.83. The number of hydrogen-bond donors (Lipinski definition) is 2. The summed E-state index contributed by atoms with van der Waals surface area (Å²) in [5.41, 5.74) is 12.5. The number of rotatable bonds is 2. The second kappa shape index (κ2) is 8.59.